The zero-order chi connectivity index (χ0) is 54.8. The van der Waals surface area contributed by atoms with Gasteiger partial charge in [-0.05, 0) is 103 Å². The van der Waals surface area contributed by atoms with E-state index in [4.69, 9.17) is 9.47 Å². The zero-order valence-electron chi connectivity index (χ0n) is 49.5. The van der Waals surface area contributed by atoms with E-state index in [9.17, 15) is 14.7 Å². The van der Waals surface area contributed by atoms with Gasteiger partial charge in [-0.3, -0.25) is 9.59 Å². The van der Waals surface area contributed by atoms with Gasteiger partial charge < -0.3 is 14.6 Å². The van der Waals surface area contributed by atoms with Gasteiger partial charge in [0.05, 0.1) is 6.61 Å². The Morgan fingerprint density at radius 3 is 0.829 bits per heavy atom. The molecule has 0 aromatic heterocycles. The summed E-state index contributed by atoms with van der Waals surface area (Å²) >= 11 is 0. The number of carbonyl (C=O) groups is 2. The molecule has 5 heteroatoms. The molecule has 0 heterocycles. The Morgan fingerprint density at radius 2 is 0.539 bits per heavy atom. The van der Waals surface area contributed by atoms with Crippen LogP contribution in [0.1, 0.15) is 284 Å². The van der Waals surface area contributed by atoms with Crippen molar-refractivity contribution in [3.8, 4) is 0 Å². The van der Waals surface area contributed by atoms with Gasteiger partial charge >= 0.3 is 11.9 Å². The Bertz CT molecular complexity index is 1570. The number of allylic oxidation sites excluding steroid dienone is 22. The van der Waals surface area contributed by atoms with Gasteiger partial charge in [-0.25, -0.2) is 0 Å². The molecule has 0 amide bonds. The molecule has 76 heavy (non-hydrogen) atoms. The lowest BCUT2D eigenvalue weighted by atomic mass is 10.0. The maximum atomic E-state index is 12.3. The fourth-order valence-electron chi connectivity index (χ4n) is 8.77. The first-order valence-corrected chi connectivity index (χ1v) is 31.7. The molecule has 0 spiro atoms. The Hall–Kier alpha value is -3.96. The predicted octanol–water partition coefficient (Wildman–Crippen LogP) is 22.0. The van der Waals surface area contributed by atoms with E-state index in [1.54, 1.807) is 0 Å². The maximum absolute atomic E-state index is 12.3. The number of aliphatic hydroxyl groups excluding tert-OH is 1. The van der Waals surface area contributed by atoms with Crippen LogP contribution in [-0.2, 0) is 19.1 Å². The van der Waals surface area contributed by atoms with Crippen LogP contribution in [0, 0.1) is 0 Å². The largest absolute Gasteiger partial charge is 0.462 e. The number of hydrogen-bond acceptors (Lipinski definition) is 5. The monoisotopic (exact) mass is 1050 g/mol. The zero-order valence-corrected chi connectivity index (χ0v) is 49.5. The van der Waals surface area contributed by atoms with E-state index in [0.717, 1.165) is 96.3 Å². The molecule has 0 aromatic carbocycles. The van der Waals surface area contributed by atoms with Crippen molar-refractivity contribution in [2.75, 3.05) is 13.2 Å². The van der Waals surface area contributed by atoms with Crippen LogP contribution in [0.2, 0.25) is 0 Å². The number of rotatable bonds is 57. The maximum Gasteiger partial charge on any atom is 0.306 e. The minimum Gasteiger partial charge on any atom is -0.462 e. The molecule has 1 atom stereocenters. The second kappa shape index (κ2) is 65.3. The molecular formula is C71H118O5. The van der Waals surface area contributed by atoms with E-state index in [1.165, 1.54) is 154 Å². The quantitative estimate of drug-likeness (QED) is 0.0373. The number of unbranched alkanes of at least 4 members (excludes halogenated alkanes) is 27. The topological polar surface area (TPSA) is 72.8 Å². The molecule has 0 aliphatic carbocycles. The normalized spacial score (nSPS) is 13.1. The minimum absolute atomic E-state index is 0.0936. The number of esters is 2. The number of hydrogen-bond donors (Lipinski definition) is 1. The molecule has 5 nitrogen and oxygen atoms in total. The van der Waals surface area contributed by atoms with Gasteiger partial charge in [-0.2, -0.15) is 0 Å². The Balaban J connectivity index is 3.49. The number of carbonyl (C=O) groups excluding carboxylic acids is 2. The van der Waals surface area contributed by atoms with Crippen LogP contribution in [0.25, 0.3) is 0 Å². The van der Waals surface area contributed by atoms with Crippen molar-refractivity contribution >= 4 is 11.9 Å². The highest BCUT2D eigenvalue weighted by molar-refractivity contribution is 5.70. The van der Waals surface area contributed by atoms with Gasteiger partial charge in [0.15, 0.2) is 6.10 Å². The van der Waals surface area contributed by atoms with Crippen LogP contribution in [0.3, 0.4) is 0 Å². The molecule has 0 saturated carbocycles. The van der Waals surface area contributed by atoms with Crippen LogP contribution >= 0.6 is 0 Å². The molecule has 0 aromatic rings. The molecule has 1 N–H and O–H groups in total. The van der Waals surface area contributed by atoms with Crippen molar-refractivity contribution in [2.45, 2.75) is 290 Å². The van der Waals surface area contributed by atoms with Gasteiger partial charge in [-0.1, -0.05) is 302 Å². The lowest BCUT2D eigenvalue weighted by Crippen LogP contribution is -2.28. The summed E-state index contributed by atoms with van der Waals surface area (Å²) in [4.78, 5) is 24.5. The van der Waals surface area contributed by atoms with E-state index in [-0.39, 0.29) is 31.6 Å². The van der Waals surface area contributed by atoms with E-state index in [1.807, 2.05) is 0 Å². The van der Waals surface area contributed by atoms with Crippen molar-refractivity contribution < 1.29 is 24.2 Å². The fourth-order valence-corrected chi connectivity index (χ4v) is 8.77. The third-order valence-electron chi connectivity index (χ3n) is 13.4. The summed E-state index contributed by atoms with van der Waals surface area (Å²) in [6.45, 7) is 3.88. The van der Waals surface area contributed by atoms with Gasteiger partial charge in [0.1, 0.15) is 6.61 Å². The molecule has 0 fully saturated rings. The fraction of sp³-hybridized carbons (Fsp3) is 0.662. The third kappa shape index (κ3) is 62.6. The molecule has 0 aliphatic rings. The summed E-state index contributed by atoms with van der Waals surface area (Å²) in [6, 6.07) is 0. The molecule has 0 saturated heterocycles. The molecule has 0 rings (SSSR count). The first-order chi connectivity index (χ1) is 37.6. The summed E-state index contributed by atoms with van der Waals surface area (Å²) in [5.74, 6) is -0.658. The highest BCUT2D eigenvalue weighted by atomic mass is 16.6. The van der Waals surface area contributed by atoms with E-state index < -0.39 is 6.10 Å². The summed E-state index contributed by atoms with van der Waals surface area (Å²) in [5, 5.41) is 9.66. The summed E-state index contributed by atoms with van der Waals surface area (Å²) in [5.41, 5.74) is 0. The standard InChI is InChI=1S/C71H118O5/c1-3-5-7-9-11-13-15-17-19-21-23-25-27-28-29-30-31-32-33-34-35-36-37-38-39-40-41-42-44-45-47-49-51-53-55-57-59-61-63-65-70(73)75-68-69(67-72)76-71(74)66-64-62-60-58-56-54-52-50-48-46-43-26-24-22-20-18-16-14-12-10-8-6-4-2/h5-8,11-14,17-20,23-26,46,48,52,54,58,60,69,72H,3-4,9-10,15-16,21-22,27-45,47,49-51,53,55-57,59,61-68H2,1-2H3/b7-5-,8-6-,13-11-,14-12-,19-17-,20-18-,25-23-,26-24-,48-46-,54-52-,60-58-. The van der Waals surface area contributed by atoms with Crippen LogP contribution in [0.4, 0.5) is 0 Å². The third-order valence-corrected chi connectivity index (χ3v) is 13.4. The van der Waals surface area contributed by atoms with Crippen molar-refractivity contribution in [3.05, 3.63) is 134 Å². The van der Waals surface area contributed by atoms with Crippen molar-refractivity contribution in [3.63, 3.8) is 0 Å². The second-order valence-corrected chi connectivity index (χ2v) is 20.7. The van der Waals surface area contributed by atoms with Crippen molar-refractivity contribution in [1.29, 1.82) is 0 Å². The van der Waals surface area contributed by atoms with Gasteiger partial charge in [0, 0.05) is 12.8 Å². The molecule has 432 valence electrons. The number of aliphatic hydroxyl groups is 1. The lowest BCUT2D eigenvalue weighted by molar-refractivity contribution is -0.161. The van der Waals surface area contributed by atoms with Crippen LogP contribution in [0.15, 0.2) is 134 Å². The second-order valence-electron chi connectivity index (χ2n) is 20.7. The summed E-state index contributed by atoms with van der Waals surface area (Å²) in [6.07, 6.45) is 97.6. The first-order valence-electron chi connectivity index (χ1n) is 31.7. The van der Waals surface area contributed by atoms with Crippen molar-refractivity contribution in [1.82, 2.24) is 0 Å². The molecular weight excluding hydrogens is 933 g/mol. The average molecular weight is 1050 g/mol. The Labute approximate surface area is 470 Å². The average Bonchev–Trinajstić information content (AvgIpc) is 3.42. The molecule has 0 radical (unpaired) electrons. The van der Waals surface area contributed by atoms with Crippen molar-refractivity contribution in [2.24, 2.45) is 0 Å². The highest BCUT2D eigenvalue weighted by Gasteiger charge is 2.16. The predicted molar refractivity (Wildman–Crippen MR) is 334 cm³/mol. The van der Waals surface area contributed by atoms with E-state index >= 15 is 0 Å². The number of ether oxygens (including phenoxy) is 2. The lowest BCUT2D eigenvalue weighted by Gasteiger charge is -2.15. The minimum atomic E-state index is -0.811. The Morgan fingerprint density at radius 1 is 0.303 bits per heavy atom. The van der Waals surface area contributed by atoms with E-state index in [0.29, 0.717) is 12.8 Å². The van der Waals surface area contributed by atoms with Gasteiger partial charge in [-0.15, -0.1) is 0 Å². The van der Waals surface area contributed by atoms with Crippen LogP contribution in [-0.4, -0.2) is 36.4 Å². The van der Waals surface area contributed by atoms with Gasteiger partial charge in [0.2, 0.25) is 0 Å². The first kappa shape index (κ1) is 72.0. The SMILES string of the molecule is CC/C=C\C/C=C\C/C=C\C/C=C\C/C=C\C/C=C\C/C=C\CCCC(=O)OC(CO)COC(=O)CCCCCCCCCCCCCCCCCCCCCCCCCCCC/C=C\C/C=C\C/C=C\C/C=C\CC. The molecule has 0 bridgehead atoms. The summed E-state index contributed by atoms with van der Waals surface area (Å²) < 4.78 is 10.7. The Kier molecular flexibility index (Phi) is 61.9. The summed E-state index contributed by atoms with van der Waals surface area (Å²) in [7, 11) is 0. The molecule has 1 unspecified atom stereocenters. The highest BCUT2D eigenvalue weighted by Crippen LogP contribution is 2.17. The van der Waals surface area contributed by atoms with Crippen LogP contribution in [0.5, 0.6) is 0 Å². The van der Waals surface area contributed by atoms with Crippen LogP contribution < -0.4 is 0 Å². The van der Waals surface area contributed by atoms with Gasteiger partial charge in [0.25, 0.3) is 0 Å². The smallest absolute Gasteiger partial charge is 0.306 e. The molecule has 0 aliphatic heterocycles. The van der Waals surface area contributed by atoms with E-state index in [2.05, 4.69) is 148 Å².